The predicted molar refractivity (Wildman–Crippen MR) is 75.4 cm³/mol. The van der Waals surface area contributed by atoms with Gasteiger partial charge in [0, 0.05) is 10.9 Å². The summed E-state index contributed by atoms with van der Waals surface area (Å²) < 4.78 is 2.09. The molecule has 2 aromatic rings. The average molecular weight is 365 g/mol. The maximum atomic E-state index is 10.9. The third-order valence-electron chi connectivity index (χ3n) is 2.38. The highest BCUT2D eigenvalue weighted by atomic mass is 79.9. The standard InChI is InChI=1S/C11H8BrCl2N3O2/c1-2-8-15-10(11(18)19)16-17(8)9-6(13)3-5(12)4-7(9)14/h3-4H,2H2,1H3,(H,18,19). The molecule has 0 aliphatic carbocycles. The Hall–Kier alpha value is -1.11. The Morgan fingerprint density at radius 1 is 1.42 bits per heavy atom. The minimum absolute atomic E-state index is 0.285. The minimum atomic E-state index is -1.20. The predicted octanol–water partition coefficient (Wildman–Crippen LogP) is 3.60. The van der Waals surface area contributed by atoms with E-state index in [1.807, 2.05) is 6.92 Å². The quantitative estimate of drug-likeness (QED) is 0.903. The van der Waals surface area contributed by atoms with Gasteiger partial charge in [-0.05, 0) is 12.1 Å². The summed E-state index contributed by atoms with van der Waals surface area (Å²) in [5.74, 6) is -1.01. The van der Waals surface area contributed by atoms with E-state index in [2.05, 4.69) is 26.0 Å². The first-order chi connectivity index (χ1) is 8.93. The maximum Gasteiger partial charge on any atom is 0.375 e. The van der Waals surface area contributed by atoms with E-state index < -0.39 is 5.97 Å². The molecular weight excluding hydrogens is 357 g/mol. The van der Waals surface area contributed by atoms with Gasteiger partial charge in [-0.15, -0.1) is 5.10 Å². The number of aryl methyl sites for hydroxylation is 1. The number of aromatic nitrogens is 3. The molecule has 0 fully saturated rings. The minimum Gasteiger partial charge on any atom is -0.475 e. The zero-order valence-electron chi connectivity index (χ0n) is 9.69. The third-order valence-corrected chi connectivity index (χ3v) is 3.41. The molecule has 19 heavy (non-hydrogen) atoms. The highest BCUT2D eigenvalue weighted by Gasteiger charge is 2.19. The fourth-order valence-corrected chi connectivity index (χ4v) is 2.95. The summed E-state index contributed by atoms with van der Waals surface area (Å²) in [6.07, 6.45) is 0.503. The summed E-state index contributed by atoms with van der Waals surface area (Å²) in [5.41, 5.74) is 0.420. The van der Waals surface area contributed by atoms with Gasteiger partial charge >= 0.3 is 5.97 Å². The Morgan fingerprint density at radius 3 is 2.47 bits per heavy atom. The molecule has 0 bridgehead atoms. The van der Waals surface area contributed by atoms with Crippen LogP contribution < -0.4 is 0 Å². The van der Waals surface area contributed by atoms with Crippen molar-refractivity contribution in [1.29, 1.82) is 0 Å². The number of halogens is 3. The van der Waals surface area contributed by atoms with Crippen LogP contribution in [0.5, 0.6) is 0 Å². The summed E-state index contributed by atoms with van der Waals surface area (Å²) in [6, 6.07) is 3.31. The molecule has 0 spiro atoms. The van der Waals surface area contributed by atoms with Gasteiger partial charge in [0.2, 0.25) is 0 Å². The van der Waals surface area contributed by atoms with Gasteiger partial charge in [0.25, 0.3) is 5.82 Å². The van der Waals surface area contributed by atoms with Crippen molar-refractivity contribution < 1.29 is 9.90 Å². The van der Waals surface area contributed by atoms with Gasteiger partial charge < -0.3 is 5.11 Å². The Morgan fingerprint density at radius 2 is 2.00 bits per heavy atom. The highest BCUT2D eigenvalue weighted by molar-refractivity contribution is 9.10. The van der Waals surface area contributed by atoms with Crippen molar-refractivity contribution in [3.05, 3.63) is 38.3 Å². The van der Waals surface area contributed by atoms with Gasteiger partial charge in [0.1, 0.15) is 11.5 Å². The van der Waals surface area contributed by atoms with E-state index in [0.717, 1.165) is 4.47 Å². The van der Waals surface area contributed by atoms with Gasteiger partial charge in [0.15, 0.2) is 0 Å². The van der Waals surface area contributed by atoms with Crippen LogP contribution in [0.2, 0.25) is 10.0 Å². The lowest BCUT2D eigenvalue weighted by atomic mass is 10.3. The number of carboxylic acid groups (broad SMARTS) is 1. The van der Waals surface area contributed by atoms with Crippen LogP contribution in [0.3, 0.4) is 0 Å². The first-order valence-corrected chi connectivity index (χ1v) is 6.83. The van der Waals surface area contributed by atoms with Crippen LogP contribution in [-0.2, 0) is 6.42 Å². The molecule has 2 rings (SSSR count). The molecule has 0 saturated carbocycles. The molecule has 0 atom stereocenters. The second-order valence-electron chi connectivity index (χ2n) is 3.64. The number of rotatable bonds is 3. The van der Waals surface area contributed by atoms with Crippen LogP contribution in [0.15, 0.2) is 16.6 Å². The number of carbonyl (C=O) groups is 1. The zero-order chi connectivity index (χ0) is 14.2. The lowest BCUT2D eigenvalue weighted by Crippen LogP contribution is -2.05. The summed E-state index contributed by atoms with van der Waals surface area (Å²) >= 11 is 15.5. The van der Waals surface area contributed by atoms with Crippen molar-refractivity contribution in [2.75, 3.05) is 0 Å². The molecule has 1 aromatic carbocycles. The van der Waals surface area contributed by atoms with Gasteiger partial charge in [-0.2, -0.15) is 0 Å². The summed E-state index contributed by atoms with van der Waals surface area (Å²) in [6.45, 7) is 1.84. The molecule has 0 aliphatic heterocycles. The molecule has 0 amide bonds. The molecule has 1 heterocycles. The molecule has 0 aliphatic rings. The van der Waals surface area contributed by atoms with Gasteiger partial charge in [0.05, 0.1) is 10.0 Å². The first kappa shape index (κ1) is 14.3. The normalized spacial score (nSPS) is 10.7. The summed E-state index contributed by atoms with van der Waals surface area (Å²) in [4.78, 5) is 14.9. The van der Waals surface area contributed by atoms with Crippen LogP contribution >= 0.6 is 39.1 Å². The van der Waals surface area contributed by atoms with E-state index in [-0.39, 0.29) is 5.82 Å². The van der Waals surface area contributed by atoms with E-state index in [4.69, 9.17) is 28.3 Å². The van der Waals surface area contributed by atoms with Crippen LogP contribution in [0.4, 0.5) is 0 Å². The van der Waals surface area contributed by atoms with E-state index in [9.17, 15) is 4.79 Å². The fourth-order valence-electron chi connectivity index (χ4n) is 1.58. The van der Waals surface area contributed by atoms with Gasteiger partial charge in [-0.3, -0.25) is 0 Å². The topological polar surface area (TPSA) is 68.0 Å². The Labute approximate surface area is 127 Å². The fraction of sp³-hybridized carbons (Fsp3) is 0.182. The Bertz CT molecular complexity index is 634. The van der Waals surface area contributed by atoms with Crippen molar-refractivity contribution in [2.45, 2.75) is 13.3 Å². The van der Waals surface area contributed by atoms with E-state index >= 15 is 0 Å². The van der Waals surface area contributed by atoms with Crippen molar-refractivity contribution >= 4 is 45.1 Å². The van der Waals surface area contributed by atoms with Crippen molar-refractivity contribution in [3.63, 3.8) is 0 Å². The lowest BCUT2D eigenvalue weighted by molar-refractivity contribution is 0.0683. The number of nitrogens with zero attached hydrogens (tertiary/aromatic N) is 3. The van der Waals surface area contributed by atoms with Crippen LogP contribution in [-0.4, -0.2) is 25.8 Å². The van der Waals surface area contributed by atoms with Crippen molar-refractivity contribution in [3.8, 4) is 5.69 Å². The molecule has 0 saturated heterocycles. The molecular formula is C11H8BrCl2N3O2. The number of hydrogen-bond donors (Lipinski definition) is 1. The second-order valence-corrected chi connectivity index (χ2v) is 5.37. The van der Waals surface area contributed by atoms with Gasteiger partial charge in [-0.25, -0.2) is 14.5 Å². The van der Waals surface area contributed by atoms with Crippen molar-refractivity contribution in [1.82, 2.24) is 14.8 Å². The monoisotopic (exact) mass is 363 g/mol. The Balaban J connectivity index is 2.68. The second kappa shape index (κ2) is 5.48. The first-order valence-electron chi connectivity index (χ1n) is 5.28. The number of carboxylic acids is 1. The van der Waals surface area contributed by atoms with E-state index in [1.165, 1.54) is 4.68 Å². The Kier molecular flexibility index (Phi) is 4.13. The van der Waals surface area contributed by atoms with E-state index in [0.29, 0.717) is 28.0 Å². The molecule has 100 valence electrons. The maximum absolute atomic E-state index is 10.9. The number of hydrogen-bond acceptors (Lipinski definition) is 3. The molecule has 0 unspecified atom stereocenters. The van der Waals surface area contributed by atoms with Gasteiger partial charge in [-0.1, -0.05) is 46.1 Å². The summed E-state index contributed by atoms with van der Waals surface area (Å²) in [7, 11) is 0. The highest BCUT2D eigenvalue weighted by Crippen LogP contribution is 2.32. The van der Waals surface area contributed by atoms with Crippen LogP contribution in [0, 0.1) is 0 Å². The number of aromatic carboxylic acids is 1. The molecule has 1 N–H and O–H groups in total. The zero-order valence-corrected chi connectivity index (χ0v) is 12.8. The smallest absolute Gasteiger partial charge is 0.375 e. The largest absolute Gasteiger partial charge is 0.475 e. The summed E-state index contributed by atoms with van der Waals surface area (Å²) in [5, 5.41) is 13.6. The molecule has 0 radical (unpaired) electrons. The third kappa shape index (κ3) is 2.75. The number of benzene rings is 1. The van der Waals surface area contributed by atoms with Crippen molar-refractivity contribution in [2.24, 2.45) is 0 Å². The molecule has 5 nitrogen and oxygen atoms in total. The lowest BCUT2D eigenvalue weighted by Gasteiger charge is -2.09. The van der Waals surface area contributed by atoms with Crippen LogP contribution in [0.25, 0.3) is 5.69 Å². The van der Waals surface area contributed by atoms with Crippen LogP contribution in [0.1, 0.15) is 23.4 Å². The SMILES string of the molecule is CCc1nc(C(=O)O)nn1-c1c(Cl)cc(Br)cc1Cl. The average Bonchev–Trinajstić information content (AvgIpc) is 2.71. The molecule has 8 heteroatoms. The molecule has 1 aromatic heterocycles. The van der Waals surface area contributed by atoms with E-state index in [1.54, 1.807) is 12.1 Å².